The number of hydrogen-bond donors (Lipinski definition) is 1. The maximum Gasteiger partial charge on any atom is 0.123 e. The Labute approximate surface area is 111 Å². The van der Waals surface area contributed by atoms with Crippen LogP contribution in [0.4, 0.5) is 0 Å². The van der Waals surface area contributed by atoms with Gasteiger partial charge >= 0.3 is 0 Å². The molecule has 18 heavy (non-hydrogen) atoms. The summed E-state index contributed by atoms with van der Waals surface area (Å²) in [5.41, 5.74) is 7.20. The molecule has 1 heterocycles. The molecule has 0 radical (unpaired) electrons. The molecule has 2 N–H and O–H groups in total. The summed E-state index contributed by atoms with van der Waals surface area (Å²) in [6, 6.07) is 8.36. The van der Waals surface area contributed by atoms with E-state index in [0.29, 0.717) is 12.0 Å². The number of fused-ring (bicyclic) bond motifs is 1. The van der Waals surface area contributed by atoms with Gasteiger partial charge in [0.05, 0.1) is 6.10 Å². The topological polar surface area (TPSA) is 35.2 Å². The minimum atomic E-state index is 0.366. The summed E-state index contributed by atoms with van der Waals surface area (Å²) in [4.78, 5) is 0. The average molecular weight is 247 g/mol. The van der Waals surface area contributed by atoms with Gasteiger partial charge in [0.15, 0.2) is 0 Å². The Hall–Kier alpha value is -1.02. The molecule has 2 rings (SSSR count). The van der Waals surface area contributed by atoms with Gasteiger partial charge in [0.2, 0.25) is 0 Å². The van der Waals surface area contributed by atoms with E-state index in [2.05, 4.69) is 25.1 Å². The molecule has 0 aromatic heterocycles. The third-order valence-corrected chi connectivity index (χ3v) is 3.86. The van der Waals surface area contributed by atoms with Crippen LogP contribution in [0, 0.1) is 0 Å². The number of rotatable bonds is 6. The van der Waals surface area contributed by atoms with Crippen LogP contribution in [0.1, 0.15) is 56.9 Å². The summed E-state index contributed by atoms with van der Waals surface area (Å²) in [6.45, 7) is 2.98. The maximum atomic E-state index is 6.09. The van der Waals surface area contributed by atoms with Crippen molar-refractivity contribution in [3.05, 3.63) is 29.8 Å². The van der Waals surface area contributed by atoms with Gasteiger partial charge in [0.25, 0.3) is 0 Å². The fraction of sp³-hybridized carbons (Fsp3) is 0.625. The van der Waals surface area contributed by atoms with Crippen molar-refractivity contribution in [2.24, 2.45) is 5.73 Å². The average Bonchev–Trinajstić information content (AvgIpc) is 2.42. The second-order valence-corrected chi connectivity index (χ2v) is 5.30. The summed E-state index contributed by atoms with van der Waals surface area (Å²) in [6.07, 6.45) is 7.85. The molecule has 100 valence electrons. The van der Waals surface area contributed by atoms with Gasteiger partial charge in [-0.05, 0) is 37.4 Å². The van der Waals surface area contributed by atoms with Crippen molar-refractivity contribution in [1.82, 2.24) is 0 Å². The third-order valence-electron chi connectivity index (χ3n) is 3.86. The number of hydrogen-bond acceptors (Lipinski definition) is 2. The Kier molecular flexibility index (Phi) is 5.06. The first-order valence-electron chi connectivity index (χ1n) is 7.30. The van der Waals surface area contributed by atoms with Gasteiger partial charge in [-0.2, -0.15) is 0 Å². The minimum Gasteiger partial charge on any atom is -0.490 e. The van der Waals surface area contributed by atoms with Crippen LogP contribution >= 0.6 is 0 Å². The van der Waals surface area contributed by atoms with Crippen molar-refractivity contribution < 1.29 is 4.74 Å². The Morgan fingerprint density at radius 3 is 2.83 bits per heavy atom. The number of ether oxygens (including phenoxy) is 1. The fourth-order valence-corrected chi connectivity index (χ4v) is 2.80. The third kappa shape index (κ3) is 3.26. The van der Waals surface area contributed by atoms with Gasteiger partial charge in [-0.1, -0.05) is 44.4 Å². The van der Waals surface area contributed by atoms with Crippen molar-refractivity contribution in [3.63, 3.8) is 0 Å². The molecule has 0 aliphatic carbocycles. The summed E-state index contributed by atoms with van der Waals surface area (Å²) in [7, 11) is 0. The van der Waals surface area contributed by atoms with Crippen LogP contribution in [0.25, 0.3) is 0 Å². The lowest BCUT2D eigenvalue weighted by molar-refractivity contribution is 0.147. The lowest BCUT2D eigenvalue weighted by Crippen LogP contribution is -2.29. The molecule has 1 aromatic rings. The molecule has 2 nitrogen and oxygen atoms in total. The first-order valence-corrected chi connectivity index (χ1v) is 7.30. The van der Waals surface area contributed by atoms with Crippen LogP contribution < -0.4 is 10.5 Å². The van der Waals surface area contributed by atoms with E-state index in [1.54, 1.807) is 0 Å². The highest BCUT2D eigenvalue weighted by Gasteiger charge is 2.26. The first-order chi connectivity index (χ1) is 8.85. The van der Waals surface area contributed by atoms with E-state index in [4.69, 9.17) is 10.5 Å². The molecule has 0 bridgehead atoms. The zero-order valence-corrected chi connectivity index (χ0v) is 11.4. The summed E-state index contributed by atoms with van der Waals surface area (Å²) in [5.74, 6) is 1.53. The lowest BCUT2D eigenvalue weighted by Gasteiger charge is -2.31. The Bertz CT molecular complexity index is 364. The van der Waals surface area contributed by atoms with Gasteiger partial charge in [0, 0.05) is 5.92 Å². The van der Waals surface area contributed by atoms with Gasteiger partial charge in [0.1, 0.15) is 5.75 Å². The predicted octanol–water partition coefficient (Wildman–Crippen LogP) is 3.85. The molecule has 0 saturated carbocycles. The molecule has 0 amide bonds. The highest BCUT2D eigenvalue weighted by molar-refractivity contribution is 5.38. The van der Waals surface area contributed by atoms with E-state index in [1.807, 2.05) is 6.07 Å². The molecular weight excluding hydrogens is 222 g/mol. The molecule has 2 atom stereocenters. The standard InChI is InChI=1S/C16H25NO/c1-2-3-4-5-8-14-11-13(12-17)15-9-6-7-10-16(15)18-14/h6-7,9-10,13-14H,2-5,8,11-12,17H2,1H3. The van der Waals surface area contributed by atoms with Crippen molar-refractivity contribution in [2.45, 2.75) is 57.5 Å². The van der Waals surface area contributed by atoms with Crippen LogP contribution in [0.15, 0.2) is 24.3 Å². The number of benzene rings is 1. The molecule has 1 aliphatic rings. The molecule has 2 unspecified atom stereocenters. The molecule has 2 heteroatoms. The van der Waals surface area contributed by atoms with Gasteiger partial charge < -0.3 is 10.5 Å². The monoisotopic (exact) mass is 247 g/mol. The van der Waals surface area contributed by atoms with Gasteiger partial charge in [-0.25, -0.2) is 0 Å². The second kappa shape index (κ2) is 6.79. The predicted molar refractivity (Wildman–Crippen MR) is 76.0 cm³/mol. The normalized spacial score (nSPS) is 22.3. The Balaban J connectivity index is 1.93. The highest BCUT2D eigenvalue weighted by atomic mass is 16.5. The molecular formula is C16H25NO. The van der Waals surface area contributed by atoms with Crippen LogP contribution in [-0.4, -0.2) is 12.6 Å². The number of para-hydroxylation sites is 1. The van der Waals surface area contributed by atoms with E-state index in [1.165, 1.54) is 37.7 Å². The second-order valence-electron chi connectivity index (χ2n) is 5.30. The van der Waals surface area contributed by atoms with E-state index >= 15 is 0 Å². The largest absolute Gasteiger partial charge is 0.490 e. The van der Waals surface area contributed by atoms with E-state index in [0.717, 1.165) is 18.7 Å². The quantitative estimate of drug-likeness (QED) is 0.775. The number of nitrogens with two attached hydrogens (primary N) is 1. The minimum absolute atomic E-state index is 0.366. The summed E-state index contributed by atoms with van der Waals surface area (Å²) in [5, 5.41) is 0. The molecule has 0 spiro atoms. The molecule has 0 fully saturated rings. The molecule has 1 aromatic carbocycles. The van der Waals surface area contributed by atoms with E-state index in [9.17, 15) is 0 Å². The van der Waals surface area contributed by atoms with E-state index in [-0.39, 0.29) is 0 Å². The van der Waals surface area contributed by atoms with Crippen molar-refractivity contribution in [3.8, 4) is 5.75 Å². The highest BCUT2D eigenvalue weighted by Crippen LogP contribution is 2.36. The van der Waals surface area contributed by atoms with Gasteiger partial charge in [-0.15, -0.1) is 0 Å². The Morgan fingerprint density at radius 2 is 2.06 bits per heavy atom. The van der Waals surface area contributed by atoms with Crippen LogP contribution in [0.3, 0.4) is 0 Å². The first kappa shape index (κ1) is 13.4. The van der Waals surface area contributed by atoms with Crippen molar-refractivity contribution in [2.75, 3.05) is 6.54 Å². The zero-order valence-electron chi connectivity index (χ0n) is 11.4. The fourth-order valence-electron chi connectivity index (χ4n) is 2.80. The maximum absolute atomic E-state index is 6.09. The van der Waals surface area contributed by atoms with E-state index < -0.39 is 0 Å². The molecule has 0 saturated heterocycles. The Morgan fingerprint density at radius 1 is 1.22 bits per heavy atom. The van der Waals surface area contributed by atoms with Crippen LogP contribution in [0.5, 0.6) is 5.75 Å². The zero-order chi connectivity index (χ0) is 12.8. The summed E-state index contributed by atoms with van der Waals surface area (Å²) >= 11 is 0. The smallest absolute Gasteiger partial charge is 0.123 e. The summed E-state index contributed by atoms with van der Waals surface area (Å²) < 4.78 is 6.09. The van der Waals surface area contributed by atoms with Crippen molar-refractivity contribution >= 4 is 0 Å². The SMILES string of the molecule is CCCCCCC1CC(CN)c2ccccc2O1. The lowest BCUT2D eigenvalue weighted by atomic mass is 9.88. The van der Waals surface area contributed by atoms with Crippen LogP contribution in [-0.2, 0) is 0 Å². The van der Waals surface area contributed by atoms with Crippen LogP contribution in [0.2, 0.25) is 0 Å². The van der Waals surface area contributed by atoms with Crippen molar-refractivity contribution in [1.29, 1.82) is 0 Å². The molecule has 1 aliphatic heterocycles. The number of unbranched alkanes of at least 4 members (excludes halogenated alkanes) is 3. The van der Waals surface area contributed by atoms with Gasteiger partial charge in [-0.3, -0.25) is 0 Å².